The number of anilines is 2. The fraction of sp³-hybridized carbons (Fsp3) is 0.105. The van der Waals surface area contributed by atoms with Crippen molar-refractivity contribution in [1.82, 2.24) is 4.98 Å². The molecule has 3 nitrogen and oxygen atoms in total. The van der Waals surface area contributed by atoms with Crippen LogP contribution in [0.4, 0.5) is 11.4 Å². The van der Waals surface area contributed by atoms with E-state index in [1.54, 1.807) is 0 Å². The normalized spacial score (nSPS) is 16.2. The maximum Gasteiger partial charge on any atom is 0.126 e. The van der Waals surface area contributed by atoms with Crippen molar-refractivity contribution in [3.05, 3.63) is 90.3 Å². The Labute approximate surface area is 130 Å². The Morgan fingerprint density at radius 1 is 0.909 bits per heavy atom. The van der Waals surface area contributed by atoms with Crippen LogP contribution in [0.3, 0.4) is 0 Å². The molecule has 1 N–H and O–H groups in total. The molecule has 0 fully saturated rings. The molecule has 0 spiro atoms. The van der Waals surface area contributed by atoms with Gasteiger partial charge < -0.3 is 10.2 Å². The monoisotopic (exact) mass is 287 g/mol. The second-order valence-electron chi connectivity index (χ2n) is 5.46. The van der Waals surface area contributed by atoms with E-state index in [0.29, 0.717) is 0 Å². The molecule has 2 aromatic carbocycles. The molecule has 0 saturated carbocycles. The minimum atomic E-state index is 0.139. The lowest BCUT2D eigenvalue weighted by Crippen LogP contribution is -2.27. The van der Waals surface area contributed by atoms with Crippen molar-refractivity contribution in [2.75, 3.05) is 10.2 Å². The Balaban J connectivity index is 1.73. The van der Waals surface area contributed by atoms with Gasteiger partial charge in [0.2, 0.25) is 0 Å². The first kappa shape index (κ1) is 12.9. The molecular formula is C19H17N3. The van der Waals surface area contributed by atoms with Crippen LogP contribution in [0.1, 0.15) is 17.3 Å². The molecule has 22 heavy (non-hydrogen) atoms. The van der Waals surface area contributed by atoms with Crippen LogP contribution in [0.5, 0.6) is 0 Å². The maximum atomic E-state index is 4.24. The summed E-state index contributed by atoms with van der Waals surface area (Å²) in [6, 6.07) is 23.2. The molecule has 1 aliphatic heterocycles. The molecule has 0 radical (unpaired) electrons. The van der Waals surface area contributed by atoms with Crippen molar-refractivity contribution >= 4 is 11.4 Å². The largest absolute Gasteiger partial charge is 0.358 e. The molecule has 0 amide bonds. The standard InChI is InChI=1S/C19H17N3/c1-3-7-15(8-4-1)14-22-18-11-12-20-13-17(18)21-19(22)16-9-5-2-6-10-16/h1-13,19,21H,14H2. The lowest BCUT2D eigenvalue weighted by Gasteiger charge is -2.27. The van der Waals surface area contributed by atoms with Crippen molar-refractivity contribution in [1.29, 1.82) is 0 Å². The first-order chi connectivity index (χ1) is 10.9. The van der Waals surface area contributed by atoms with E-state index in [4.69, 9.17) is 0 Å². The van der Waals surface area contributed by atoms with Crippen LogP contribution >= 0.6 is 0 Å². The van der Waals surface area contributed by atoms with Gasteiger partial charge in [-0.15, -0.1) is 0 Å². The minimum Gasteiger partial charge on any atom is -0.358 e. The Hall–Kier alpha value is -2.81. The van der Waals surface area contributed by atoms with E-state index in [1.807, 2.05) is 12.4 Å². The van der Waals surface area contributed by atoms with Crippen LogP contribution in [0.25, 0.3) is 0 Å². The molecule has 1 aromatic heterocycles. The summed E-state index contributed by atoms with van der Waals surface area (Å²) in [5, 5.41) is 3.58. The molecule has 3 heteroatoms. The van der Waals surface area contributed by atoms with Crippen LogP contribution < -0.4 is 10.2 Å². The summed E-state index contributed by atoms with van der Waals surface area (Å²) >= 11 is 0. The highest BCUT2D eigenvalue weighted by molar-refractivity contribution is 5.75. The molecule has 0 saturated heterocycles. The molecule has 108 valence electrons. The van der Waals surface area contributed by atoms with Crippen LogP contribution in [-0.4, -0.2) is 4.98 Å². The van der Waals surface area contributed by atoms with Crippen molar-refractivity contribution in [2.45, 2.75) is 12.7 Å². The summed E-state index contributed by atoms with van der Waals surface area (Å²) in [5.41, 5.74) is 4.85. The number of nitrogens with one attached hydrogen (secondary N) is 1. The highest BCUT2D eigenvalue weighted by Crippen LogP contribution is 2.41. The number of pyridine rings is 1. The molecule has 1 aliphatic rings. The molecule has 0 aliphatic carbocycles. The second-order valence-corrected chi connectivity index (χ2v) is 5.46. The molecule has 1 atom stereocenters. The van der Waals surface area contributed by atoms with E-state index >= 15 is 0 Å². The minimum absolute atomic E-state index is 0.139. The first-order valence-electron chi connectivity index (χ1n) is 7.48. The van der Waals surface area contributed by atoms with Gasteiger partial charge >= 0.3 is 0 Å². The van der Waals surface area contributed by atoms with Crippen molar-refractivity contribution in [2.24, 2.45) is 0 Å². The molecule has 2 heterocycles. The smallest absolute Gasteiger partial charge is 0.126 e. The Kier molecular flexibility index (Phi) is 3.24. The third-order valence-electron chi connectivity index (χ3n) is 4.02. The number of aromatic nitrogens is 1. The molecule has 0 bridgehead atoms. The van der Waals surface area contributed by atoms with E-state index in [9.17, 15) is 0 Å². The van der Waals surface area contributed by atoms with E-state index in [0.717, 1.165) is 12.2 Å². The number of nitrogens with zero attached hydrogens (tertiary/aromatic N) is 2. The summed E-state index contributed by atoms with van der Waals surface area (Å²) in [7, 11) is 0. The van der Waals surface area contributed by atoms with Gasteiger partial charge in [0.25, 0.3) is 0 Å². The van der Waals surface area contributed by atoms with E-state index in [-0.39, 0.29) is 6.17 Å². The topological polar surface area (TPSA) is 28.2 Å². The third-order valence-corrected chi connectivity index (χ3v) is 4.02. The molecule has 1 unspecified atom stereocenters. The number of hydrogen-bond donors (Lipinski definition) is 1. The number of rotatable bonds is 3. The Morgan fingerprint density at radius 2 is 1.64 bits per heavy atom. The van der Waals surface area contributed by atoms with Crippen molar-refractivity contribution < 1.29 is 0 Å². The van der Waals surface area contributed by atoms with Crippen LogP contribution in [-0.2, 0) is 6.54 Å². The highest BCUT2D eigenvalue weighted by atomic mass is 15.3. The zero-order valence-corrected chi connectivity index (χ0v) is 12.2. The summed E-state index contributed by atoms with van der Waals surface area (Å²) in [6.07, 6.45) is 3.89. The zero-order valence-electron chi connectivity index (χ0n) is 12.2. The third kappa shape index (κ3) is 2.31. The fourth-order valence-electron chi connectivity index (χ4n) is 2.97. The first-order valence-corrected chi connectivity index (χ1v) is 7.48. The second kappa shape index (κ2) is 5.53. The van der Waals surface area contributed by atoms with Crippen molar-refractivity contribution in [3.8, 4) is 0 Å². The SMILES string of the molecule is c1ccc(CN2c3ccncc3NC2c2ccccc2)cc1. The van der Waals surface area contributed by atoms with Gasteiger partial charge in [0.05, 0.1) is 17.6 Å². The summed E-state index contributed by atoms with van der Waals surface area (Å²) in [5.74, 6) is 0. The van der Waals surface area contributed by atoms with Crippen LogP contribution in [0.2, 0.25) is 0 Å². The average Bonchev–Trinajstić information content (AvgIpc) is 2.95. The number of hydrogen-bond acceptors (Lipinski definition) is 3. The van der Waals surface area contributed by atoms with Gasteiger partial charge in [0, 0.05) is 12.7 Å². The lowest BCUT2D eigenvalue weighted by atomic mass is 10.1. The van der Waals surface area contributed by atoms with Gasteiger partial charge in [-0.05, 0) is 17.2 Å². The zero-order chi connectivity index (χ0) is 14.8. The van der Waals surface area contributed by atoms with Gasteiger partial charge in [-0.2, -0.15) is 0 Å². The maximum absolute atomic E-state index is 4.24. The number of benzene rings is 2. The van der Waals surface area contributed by atoms with E-state index < -0.39 is 0 Å². The van der Waals surface area contributed by atoms with Gasteiger partial charge in [-0.1, -0.05) is 60.7 Å². The van der Waals surface area contributed by atoms with Crippen LogP contribution in [0, 0.1) is 0 Å². The van der Waals surface area contributed by atoms with Gasteiger partial charge in [-0.25, -0.2) is 0 Å². The lowest BCUT2D eigenvalue weighted by molar-refractivity contribution is 0.712. The molecule has 4 rings (SSSR count). The predicted octanol–water partition coefficient (Wildman–Crippen LogP) is 4.21. The van der Waals surface area contributed by atoms with Gasteiger partial charge in [0.15, 0.2) is 0 Å². The van der Waals surface area contributed by atoms with Crippen molar-refractivity contribution in [3.63, 3.8) is 0 Å². The fourth-order valence-corrected chi connectivity index (χ4v) is 2.97. The van der Waals surface area contributed by atoms with E-state index in [1.165, 1.54) is 16.8 Å². The summed E-state index contributed by atoms with van der Waals surface area (Å²) in [6.45, 7) is 0.865. The summed E-state index contributed by atoms with van der Waals surface area (Å²) < 4.78 is 0. The van der Waals surface area contributed by atoms with E-state index in [2.05, 4.69) is 81.9 Å². The van der Waals surface area contributed by atoms with Gasteiger partial charge in [0.1, 0.15) is 6.17 Å². The van der Waals surface area contributed by atoms with Gasteiger partial charge in [-0.3, -0.25) is 4.98 Å². The highest BCUT2D eigenvalue weighted by Gasteiger charge is 2.29. The summed E-state index contributed by atoms with van der Waals surface area (Å²) in [4.78, 5) is 6.63. The number of fused-ring (bicyclic) bond motifs is 1. The Bertz CT molecular complexity index is 756. The van der Waals surface area contributed by atoms with Crippen LogP contribution in [0.15, 0.2) is 79.1 Å². The Morgan fingerprint density at radius 3 is 2.41 bits per heavy atom. The molecular weight excluding hydrogens is 270 g/mol. The predicted molar refractivity (Wildman–Crippen MR) is 89.7 cm³/mol. The average molecular weight is 287 g/mol. The molecule has 3 aromatic rings. The quantitative estimate of drug-likeness (QED) is 0.782.